The Hall–Kier alpha value is -2.83. The van der Waals surface area contributed by atoms with Crippen LogP contribution < -0.4 is 5.76 Å². The number of benzene rings is 1. The maximum Gasteiger partial charge on any atom is 0.419 e. The molecule has 0 radical (unpaired) electrons. The standard InChI is InChI=1S/C16H18N4O3/c1-18(10-12-9-17-19(2)11-12)15(21)7-8-20-13-5-3-4-6-14(13)23-16(20)22/h3-6,9,11H,7-8,10H2,1-2H3. The molecule has 1 aromatic carbocycles. The van der Waals surface area contributed by atoms with Crippen LogP contribution in [0.3, 0.4) is 0 Å². The third-order valence-corrected chi connectivity index (χ3v) is 3.73. The Morgan fingerprint density at radius 3 is 2.87 bits per heavy atom. The molecule has 0 N–H and O–H groups in total. The summed E-state index contributed by atoms with van der Waals surface area (Å²) in [7, 11) is 3.58. The van der Waals surface area contributed by atoms with Crippen molar-refractivity contribution in [3.8, 4) is 0 Å². The van der Waals surface area contributed by atoms with Crippen molar-refractivity contribution in [1.29, 1.82) is 0 Å². The smallest absolute Gasteiger partial charge is 0.408 e. The number of nitrogens with zero attached hydrogens (tertiary/aromatic N) is 4. The topological polar surface area (TPSA) is 73.3 Å². The first-order valence-corrected chi connectivity index (χ1v) is 7.34. The van der Waals surface area contributed by atoms with Crippen molar-refractivity contribution in [2.24, 2.45) is 7.05 Å². The fourth-order valence-electron chi connectivity index (χ4n) is 2.54. The minimum atomic E-state index is -0.436. The van der Waals surface area contributed by atoms with Crippen LogP contribution in [-0.2, 0) is 24.9 Å². The van der Waals surface area contributed by atoms with Crippen molar-refractivity contribution in [2.75, 3.05) is 7.05 Å². The number of oxazole rings is 1. The molecule has 0 bridgehead atoms. The van der Waals surface area contributed by atoms with Crippen molar-refractivity contribution >= 4 is 17.0 Å². The van der Waals surface area contributed by atoms with Gasteiger partial charge in [0, 0.05) is 45.4 Å². The summed E-state index contributed by atoms with van der Waals surface area (Å²) < 4.78 is 8.35. The van der Waals surface area contributed by atoms with Crippen LogP contribution in [0.4, 0.5) is 0 Å². The Kier molecular flexibility index (Phi) is 4.01. The molecule has 2 aromatic heterocycles. The largest absolute Gasteiger partial charge is 0.419 e. The van der Waals surface area contributed by atoms with Crippen LogP contribution in [0.15, 0.2) is 45.9 Å². The molecular weight excluding hydrogens is 296 g/mol. The van der Waals surface area contributed by atoms with E-state index in [9.17, 15) is 9.59 Å². The van der Waals surface area contributed by atoms with Crippen molar-refractivity contribution in [3.05, 3.63) is 52.8 Å². The lowest BCUT2D eigenvalue weighted by atomic mass is 10.3. The van der Waals surface area contributed by atoms with E-state index in [2.05, 4.69) is 5.10 Å². The highest BCUT2D eigenvalue weighted by molar-refractivity contribution is 5.76. The van der Waals surface area contributed by atoms with Gasteiger partial charge < -0.3 is 9.32 Å². The number of rotatable bonds is 5. The van der Waals surface area contributed by atoms with E-state index in [0.29, 0.717) is 24.2 Å². The van der Waals surface area contributed by atoms with E-state index in [0.717, 1.165) is 5.56 Å². The van der Waals surface area contributed by atoms with Crippen LogP contribution >= 0.6 is 0 Å². The Balaban J connectivity index is 1.66. The first-order valence-electron chi connectivity index (χ1n) is 7.34. The number of fused-ring (bicyclic) bond motifs is 1. The van der Waals surface area contributed by atoms with Crippen molar-refractivity contribution < 1.29 is 9.21 Å². The summed E-state index contributed by atoms with van der Waals surface area (Å²) in [5, 5.41) is 4.08. The second-order valence-electron chi connectivity index (χ2n) is 5.51. The third-order valence-electron chi connectivity index (χ3n) is 3.73. The SMILES string of the molecule is CN(Cc1cnn(C)c1)C(=O)CCn1c(=O)oc2ccccc21. The lowest BCUT2D eigenvalue weighted by Crippen LogP contribution is -2.28. The second-order valence-corrected chi connectivity index (χ2v) is 5.51. The number of aromatic nitrogens is 3. The highest BCUT2D eigenvalue weighted by Gasteiger charge is 2.13. The van der Waals surface area contributed by atoms with Crippen LogP contribution in [0.25, 0.3) is 11.1 Å². The van der Waals surface area contributed by atoms with Gasteiger partial charge in [-0.25, -0.2) is 4.79 Å². The maximum atomic E-state index is 12.2. The fourth-order valence-corrected chi connectivity index (χ4v) is 2.54. The van der Waals surface area contributed by atoms with E-state index in [1.54, 1.807) is 28.9 Å². The van der Waals surface area contributed by atoms with E-state index < -0.39 is 5.76 Å². The zero-order valence-corrected chi connectivity index (χ0v) is 13.1. The summed E-state index contributed by atoms with van der Waals surface area (Å²) in [5.41, 5.74) is 2.21. The minimum absolute atomic E-state index is 0.0361. The van der Waals surface area contributed by atoms with Crippen LogP contribution in [0.5, 0.6) is 0 Å². The zero-order valence-electron chi connectivity index (χ0n) is 13.1. The van der Waals surface area contributed by atoms with Crippen LogP contribution in [-0.4, -0.2) is 32.2 Å². The van der Waals surface area contributed by atoms with Gasteiger partial charge in [-0.05, 0) is 12.1 Å². The Labute approximate surface area is 132 Å². The maximum absolute atomic E-state index is 12.2. The number of para-hydroxylation sites is 2. The normalized spacial score (nSPS) is 11.0. The third kappa shape index (κ3) is 3.18. The van der Waals surface area contributed by atoms with Crippen molar-refractivity contribution in [1.82, 2.24) is 19.2 Å². The van der Waals surface area contributed by atoms with Crippen LogP contribution in [0.1, 0.15) is 12.0 Å². The van der Waals surface area contributed by atoms with Gasteiger partial charge in [0.05, 0.1) is 11.7 Å². The molecule has 2 heterocycles. The molecule has 0 saturated carbocycles. The monoisotopic (exact) mass is 314 g/mol. The summed E-state index contributed by atoms with van der Waals surface area (Å²) in [6.07, 6.45) is 3.84. The average Bonchev–Trinajstić information content (AvgIpc) is 3.07. The number of amides is 1. The molecule has 0 spiro atoms. The molecule has 0 fully saturated rings. The van der Waals surface area contributed by atoms with E-state index in [4.69, 9.17) is 4.42 Å². The molecule has 120 valence electrons. The lowest BCUT2D eigenvalue weighted by molar-refractivity contribution is -0.130. The van der Waals surface area contributed by atoms with Crippen LogP contribution in [0, 0.1) is 0 Å². The highest BCUT2D eigenvalue weighted by atomic mass is 16.4. The van der Waals surface area contributed by atoms with Gasteiger partial charge in [-0.15, -0.1) is 0 Å². The van der Waals surface area contributed by atoms with E-state index in [-0.39, 0.29) is 12.3 Å². The quantitative estimate of drug-likeness (QED) is 0.713. The molecule has 0 atom stereocenters. The second kappa shape index (κ2) is 6.12. The lowest BCUT2D eigenvalue weighted by Gasteiger charge is -2.16. The summed E-state index contributed by atoms with van der Waals surface area (Å²) in [6, 6.07) is 7.19. The zero-order chi connectivity index (χ0) is 16.4. The summed E-state index contributed by atoms with van der Waals surface area (Å²) in [4.78, 5) is 25.8. The van der Waals surface area contributed by atoms with E-state index >= 15 is 0 Å². The summed E-state index contributed by atoms with van der Waals surface area (Å²) in [6.45, 7) is 0.791. The van der Waals surface area contributed by atoms with Crippen LogP contribution in [0.2, 0.25) is 0 Å². The van der Waals surface area contributed by atoms with Gasteiger partial charge in [0.1, 0.15) is 0 Å². The molecule has 0 aliphatic carbocycles. The van der Waals surface area contributed by atoms with E-state index in [1.165, 1.54) is 4.57 Å². The number of hydrogen-bond acceptors (Lipinski definition) is 4. The highest BCUT2D eigenvalue weighted by Crippen LogP contribution is 2.12. The number of hydrogen-bond donors (Lipinski definition) is 0. The minimum Gasteiger partial charge on any atom is -0.408 e. The Bertz CT molecular complexity index is 890. The Morgan fingerprint density at radius 1 is 1.35 bits per heavy atom. The predicted molar refractivity (Wildman–Crippen MR) is 84.8 cm³/mol. The molecule has 1 amide bonds. The van der Waals surface area contributed by atoms with Gasteiger partial charge in [0.25, 0.3) is 0 Å². The van der Waals surface area contributed by atoms with Gasteiger partial charge in [-0.1, -0.05) is 12.1 Å². The molecule has 7 nitrogen and oxygen atoms in total. The molecule has 0 saturated heterocycles. The Morgan fingerprint density at radius 2 is 2.13 bits per heavy atom. The number of carbonyl (C=O) groups excluding carboxylic acids is 1. The van der Waals surface area contributed by atoms with Gasteiger partial charge in [0.2, 0.25) is 5.91 Å². The molecule has 0 aliphatic heterocycles. The molecule has 0 aliphatic rings. The molecule has 23 heavy (non-hydrogen) atoms. The molecule has 7 heteroatoms. The van der Waals surface area contributed by atoms with Gasteiger partial charge in [-0.2, -0.15) is 5.10 Å². The fraction of sp³-hybridized carbons (Fsp3) is 0.312. The van der Waals surface area contributed by atoms with Crippen molar-refractivity contribution in [3.63, 3.8) is 0 Å². The van der Waals surface area contributed by atoms with E-state index in [1.807, 2.05) is 31.4 Å². The van der Waals surface area contributed by atoms with Gasteiger partial charge in [0.15, 0.2) is 5.58 Å². The average molecular weight is 314 g/mol. The predicted octanol–water partition coefficient (Wildman–Crippen LogP) is 1.38. The van der Waals surface area contributed by atoms with Gasteiger partial charge in [-0.3, -0.25) is 14.0 Å². The van der Waals surface area contributed by atoms with Crippen molar-refractivity contribution in [2.45, 2.75) is 19.5 Å². The summed E-state index contributed by atoms with van der Waals surface area (Å²) >= 11 is 0. The summed E-state index contributed by atoms with van der Waals surface area (Å²) in [5.74, 6) is -0.472. The number of carbonyl (C=O) groups is 1. The molecule has 0 unspecified atom stereocenters. The van der Waals surface area contributed by atoms with Gasteiger partial charge >= 0.3 is 5.76 Å². The first kappa shape index (κ1) is 15.1. The number of aryl methyl sites for hydroxylation is 2. The molecular formula is C16H18N4O3. The molecule has 3 rings (SSSR count). The molecule has 3 aromatic rings. The first-order chi connectivity index (χ1) is 11.0.